The van der Waals surface area contributed by atoms with E-state index in [1.807, 2.05) is 56.0 Å². The van der Waals surface area contributed by atoms with Crippen molar-refractivity contribution >= 4 is 23.5 Å². The highest BCUT2D eigenvalue weighted by Gasteiger charge is 2.20. The summed E-state index contributed by atoms with van der Waals surface area (Å²) in [6.07, 6.45) is 8.32. The number of benzene rings is 1. The Labute approximate surface area is 216 Å². The summed E-state index contributed by atoms with van der Waals surface area (Å²) < 4.78 is 2.10. The molecule has 0 unspecified atom stereocenters. The van der Waals surface area contributed by atoms with Gasteiger partial charge in [-0.3, -0.25) is 9.69 Å². The molecule has 0 bridgehead atoms. The van der Waals surface area contributed by atoms with Crippen molar-refractivity contribution in [2.45, 2.75) is 26.3 Å². The Morgan fingerprint density at radius 1 is 0.973 bits per heavy atom. The number of pyridine rings is 1. The van der Waals surface area contributed by atoms with Gasteiger partial charge in [-0.1, -0.05) is 37.3 Å². The summed E-state index contributed by atoms with van der Waals surface area (Å²) in [7, 11) is 0. The van der Waals surface area contributed by atoms with Crippen molar-refractivity contribution < 1.29 is 4.79 Å². The number of carbonyl (C=O) groups is 1. The molecule has 0 aliphatic carbocycles. The number of rotatable bonds is 10. The average molecular weight is 498 g/mol. The van der Waals surface area contributed by atoms with Crippen molar-refractivity contribution in [1.82, 2.24) is 34.4 Å². The molecule has 0 spiro atoms. The van der Waals surface area contributed by atoms with Crippen LogP contribution in [0.25, 0.3) is 0 Å². The van der Waals surface area contributed by atoms with Gasteiger partial charge in [-0.2, -0.15) is 15.0 Å². The number of hydrogen-bond donors (Lipinski definition) is 1. The number of piperazine rings is 1. The molecule has 1 saturated heterocycles. The van der Waals surface area contributed by atoms with Crippen molar-refractivity contribution in [3.05, 3.63) is 84.3 Å². The third-order valence-electron chi connectivity index (χ3n) is 6.40. The van der Waals surface area contributed by atoms with Crippen molar-refractivity contribution in [2.24, 2.45) is 0 Å². The first kappa shape index (κ1) is 24.5. The van der Waals surface area contributed by atoms with E-state index in [0.29, 0.717) is 41.9 Å². The van der Waals surface area contributed by atoms with Gasteiger partial charge >= 0.3 is 0 Å². The molecule has 0 saturated carbocycles. The molecule has 3 aromatic heterocycles. The average Bonchev–Trinajstić information content (AvgIpc) is 3.46. The second-order valence-corrected chi connectivity index (χ2v) is 9.00. The van der Waals surface area contributed by atoms with Gasteiger partial charge in [0.15, 0.2) is 5.78 Å². The lowest BCUT2D eigenvalue weighted by molar-refractivity contribution is 0.0993. The van der Waals surface area contributed by atoms with Gasteiger partial charge in [-0.25, -0.2) is 9.97 Å². The fraction of sp³-hybridized carbons (Fsp3) is 0.333. The molecule has 4 aromatic rings. The van der Waals surface area contributed by atoms with Crippen LogP contribution in [0, 0.1) is 0 Å². The molecular formula is C27H31N9O. The third kappa shape index (κ3) is 6.53. The maximum atomic E-state index is 12.8. The predicted octanol–water partition coefficient (Wildman–Crippen LogP) is 3.02. The van der Waals surface area contributed by atoms with Crippen LogP contribution in [-0.2, 0) is 19.4 Å². The normalized spacial score (nSPS) is 14.0. The summed E-state index contributed by atoms with van der Waals surface area (Å²) >= 11 is 0. The highest BCUT2D eigenvalue weighted by atomic mass is 16.1. The van der Waals surface area contributed by atoms with Gasteiger partial charge in [0.1, 0.15) is 11.6 Å². The molecule has 10 heteroatoms. The number of anilines is 3. The van der Waals surface area contributed by atoms with E-state index in [4.69, 9.17) is 4.98 Å². The Bertz CT molecular complexity index is 1300. The van der Waals surface area contributed by atoms with Gasteiger partial charge in [0.25, 0.3) is 0 Å². The summed E-state index contributed by atoms with van der Waals surface area (Å²) in [5, 5.41) is 3.19. The fourth-order valence-electron chi connectivity index (χ4n) is 4.28. The van der Waals surface area contributed by atoms with Crippen molar-refractivity contribution in [3.8, 4) is 0 Å². The summed E-state index contributed by atoms with van der Waals surface area (Å²) in [5.41, 5.74) is 1.58. The van der Waals surface area contributed by atoms with Crippen LogP contribution in [0.4, 0.5) is 17.7 Å². The van der Waals surface area contributed by atoms with E-state index in [1.165, 1.54) is 0 Å². The number of carbonyl (C=O) groups excluding carboxylic acids is 1. The minimum absolute atomic E-state index is 0.0353. The molecule has 4 heterocycles. The summed E-state index contributed by atoms with van der Waals surface area (Å²) in [4.78, 5) is 39.9. The lowest BCUT2D eigenvalue weighted by Crippen LogP contribution is -2.47. The number of aromatic nitrogens is 6. The zero-order valence-electron chi connectivity index (χ0n) is 21.0. The van der Waals surface area contributed by atoms with E-state index >= 15 is 0 Å². The zero-order chi connectivity index (χ0) is 25.5. The maximum Gasteiger partial charge on any atom is 0.233 e. The van der Waals surface area contributed by atoms with Crippen LogP contribution in [-0.4, -0.2) is 72.9 Å². The van der Waals surface area contributed by atoms with Gasteiger partial charge in [-0.05, 0) is 17.7 Å². The molecule has 0 radical (unpaired) electrons. The molecule has 1 aliphatic heterocycles. The quantitative estimate of drug-likeness (QED) is 0.331. The van der Waals surface area contributed by atoms with Crippen molar-refractivity contribution in [2.75, 3.05) is 42.9 Å². The number of nitrogens with zero attached hydrogens (tertiary/aromatic N) is 8. The second kappa shape index (κ2) is 11.7. The molecule has 1 aromatic carbocycles. The number of nitrogens with one attached hydrogen (secondary N) is 1. The zero-order valence-corrected chi connectivity index (χ0v) is 21.0. The van der Waals surface area contributed by atoms with E-state index < -0.39 is 0 Å². The van der Waals surface area contributed by atoms with Crippen LogP contribution in [0.1, 0.15) is 28.7 Å². The van der Waals surface area contributed by atoms with E-state index in [1.54, 1.807) is 18.3 Å². The van der Waals surface area contributed by atoms with E-state index in [0.717, 1.165) is 44.8 Å². The van der Waals surface area contributed by atoms with Crippen LogP contribution < -0.4 is 10.2 Å². The largest absolute Gasteiger partial charge is 0.338 e. The number of imidazole rings is 1. The van der Waals surface area contributed by atoms with Crippen molar-refractivity contribution in [1.29, 1.82) is 0 Å². The van der Waals surface area contributed by atoms with Gasteiger partial charge in [0.2, 0.25) is 11.9 Å². The lowest BCUT2D eigenvalue weighted by Gasteiger charge is -2.34. The second-order valence-electron chi connectivity index (χ2n) is 9.00. The molecule has 0 atom stereocenters. The van der Waals surface area contributed by atoms with Gasteiger partial charge < -0.3 is 14.8 Å². The van der Waals surface area contributed by atoms with Gasteiger partial charge in [-0.15, -0.1) is 0 Å². The molecule has 5 rings (SSSR count). The molecular weight excluding hydrogens is 466 g/mol. The summed E-state index contributed by atoms with van der Waals surface area (Å²) in [5.74, 6) is 2.38. The van der Waals surface area contributed by atoms with E-state index in [-0.39, 0.29) is 5.78 Å². The number of hydrogen-bond acceptors (Lipinski definition) is 9. The predicted molar refractivity (Wildman–Crippen MR) is 142 cm³/mol. The first-order valence-electron chi connectivity index (χ1n) is 12.6. The molecule has 1 N–H and O–H groups in total. The summed E-state index contributed by atoms with van der Waals surface area (Å²) in [6, 6.07) is 13.2. The Morgan fingerprint density at radius 2 is 1.81 bits per heavy atom. The Kier molecular flexibility index (Phi) is 7.75. The minimum Gasteiger partial charge on any atom is -0.338 e. The third-order valence-corrected chi connectivity index (χ3v) is 6.40. The minimum atomic E-state index is 0.0353. The Hall–Kier alpha value is -4.18. The Morgan fingerprint density at radius 3 is 2.57 bits per heavy atom. The molecule has 1 aliphatic rings. The van der Waals surface area contributed by atoms with Crippen molar-refractivity contribution in [3.63, 3.8) is 0 Å². The number of aryl methyl sites for hydroxylation is 1. The fourth-order valence-corrected chi connectivity index (χ4v) is 4.28. The topological polar surface area (TPSA) is 105 Å². The highest BCUT2D eigenvalue weighted by Crippen LogP contribution is 2.18. The van der Waals surface area contributed by atoms with Crippen LogP contribution in [0.2, 0.25) is 0 Å². The van der Waals surface area contributed by atoms with Crippen LogP contribution in [0.15, 0.2) is 67.4 Å². The van der Waals surface area contributed by atoms with Crippen LogP contribution in [0.5, 0.6) is 0 Å². The van der Waals surface area contributed by atoms with Crippen LogP contribution in [0.3, 0.4) is 0 Å². The van der Waals surface area contributed by atoms with Gasteiger partial charge in [0.05, 0.1) is 6.33 Å². The first-order valence-corrected chi connectivity index (χ1v) is 12.6. The van der Waals surface area contributed by atoms with Crippen LogP contribution >= 0.6 is 0 Å². The monoisotopic (exact) mass is 497 g/mol. The molecule has 10 nitrogen and oxygen atoms in total. The molecule has 1 fully saturated rings. The molecule has 37 heavy (non-hydrogen) atoms. The number of ketones is 1. The van der Waals surface area contributed by atoms with E-state index in [2.05, 4.69) is 39.6 Å². The number of Topliss-reactive ketones (excluding diaryl/α,β-unsaturated/α-hetero) is 1. The van der Waals surface area contributed by atoms with E-state index in [9.17, 15) is 4.79 Å². The summed E-state index contributed by atoms with van der Waals surface area (Å²) in [6.45, 7) is 7.52. The smallest absolute Gasteiger partial charge is 0.233 e. The Balaban J connectivity index is 1.23. The highest BCUT2D eigenvalue weighted by molar-refractivity contribution is 5.98. The van der Waals surface area contributed by atoms with Gasteiger partial charge in [0, 0.05) is 76.3 Å². The SMILES string of the molecule is CCc1nc(Nc2cc(C(=O)Cc3ccccc3)ccn2)nc(N2CCN(CCn3ccnc3)CC2)n1. The standard InChI is InChI=1S/C27H31N9O/c1-2-24-30-26(31-25-19-22(8-9-29-25)23(37)18-21-6-4-3-5-7-21)33-27(32-24)36-16-14-34(15-17-36)12-13-35-11-10-28-20-35/h3-11,19-20H,2,12-18H2,1H3,(H,29,30,31,32,33). The lowest BCUT2D eigenvalue weighted by atomic mass is 10.0. The first-order chi connectivity index (χ1) is 18.2. The molecule has 0 amide bonds. The maximum absolute atomic E-state index is 12.8. The molecule has 190 valence electrons.